The molecule has 2 aromatic heterocycles. The average molecular weight is 361 g/mol. The molecule has 0 aliphatic rings. The molecule has 0 saturated carbocycles. The Morgan fingerprint density at radius 3 is 2.48 bits per heavy atom. The summed E-state index contributed by atoms with van der Waals surface area (Å²) in [5, 5.41) is 6.39. The van der Waals surface area contributed by atoms with Gasteiger partial charge in [-0.2, -0.15) is 0 Å². The zero-order valence-corrected chi connectivity index (χ0v) is 15.4. The summed E-state index contributed by atoms with van der Waals surface area (Å²) in [5.74, 6) is 7.11. The molecule has 3 rings (SSSR count). The number of halogens is 1. The van der Waals surface area contributed by atoms with Gasteiger partial charge in [0.25, 0.3) is 0 Å². The van der Waals surface area contributed by atoms with Gasteiger partial charge < -0.3 is 10.6 Å². The van der Waals surface area contributed by atoms with E-state index in [1.54, 1.807) is 25.1 Å². The standard InChI is InChI=1S/C21H20FN5/c1-4-7-16-9-6-11-18(24-16)21-26-19(23-14(2)3)13-20(27-21)25-17-10-5-8-15(22)12-17/h5-6,8-14H,1-3H3,(H2,23,25,26,27). The van der Waals surface area contributed by atoms with Gasteiger partial charge in [0, 0.05) is 17.8 Å². The molecule has 0 spiro atoms. The first-order valence-corrected chi connectivity index (χ1v) is 8.62. The van der Waals surface area contributed by atoms with E-state index in [0.29, 0.717) is 34.5 Å². The smallest absolute Gasteiger partial charge is 0.182 e. The van der Waals surface area contributed by atoms with Gasteiger partial charge in [-0.15, -0.1) is 0 Å². The van der Waals surface area contributed by atoms with Crippen LogP contribution in [0.4, 0.5) is 21.7 Å². The molecule has 136 valence electrons. The molecule has 0 aliphatic carbocycles. The van der Waals surface area contributed by atoms with Crippen LogP contribution in [0.1, 0.15) is 26.5 Å². The van der Waals surface area contributed by atoms with Gasteiger partial charge in [-0.3, -0.25) is 0 Å². The molecule has 0 radical (unpaired) electrons. The number of nitrogens with one attached hydrogen (secondary N) is 2. The minimum absolute atomic E-state index is 0.194. The molecule has 5 nitrogen and oxygen atoms in total. The van der Waals surface area contributed by atoms with E-state index >= 15 is 0 Å². The monoisotopic (exact) mass is 361 g/mol. The van der Waals surface area contributed by atoms with Crippen molar-refractivity contribution in [2.24, 2.45) is 0 Å². The van der Waals surface area contributed by atoms with Gasteiger partial charge in [-0.1, -0.05) is 18.1 Å². The Morgan fingerprint density at radius 2 is 1.74 bits per heavy atom. The largest absolute Gasteiger partial charge is 0.368 e. The normalized spacial score (nSPS) is 10.3. The van der Waals surface area contributed by atoms with Crippen molar-refractivity contribution in [1.82, 2.24) is 15.0 Å². The van der Waals surface area contributed by atoms with Crippen molar-refractivity contribution >= 4 is 17.3 Å². The maximum absolute atomic E-state index is 13.5. The molecule has 27 heavy (non-hydrogen) atoms. The Labute approximate surface area is 158 Å². The number of rotatable bonds is 5. The lowest BCUT2D eigenvalue weighted by Crippen LogP contribution is -2.12. The number of hydrogen-bond acceptors (Lipinski definition) is 5. The fraction of sp³-hybridized carbons (Fsp3) is 0.190. The molecule has 2 heterocycles. The third kappa shape index (κ3) is 5.02. The molecule has 1 aromatic carbocycles. The minimum atomic E-state index is -0.317. The van der Waals surface area contributed by atoms with Crippen LogP contribution >= 0.6 is 0 Å². The van der Waals surface area contributed by atoms with Gasteiger partial charge >= 0.3 is 0 Å². The lowest BCUT2D eigenvalue weighted by molar-refractivity contribution is 0.628. The summed E-state index contributed by atoms with van der Waals surface area (Å²) in [5.41, 5.74) is 1.87. The van der Waals surface area contributed by atoms with Gasteiger partial charge in [0.2, 0.25) is 0 Å². The third-order valence-corrected chi connectivity index (χ3v) is 3.49. The first-order chi connectivity index (χ1) is 13.0. The van der Waals surface area contributed by atoms with Crippen molar-refractivity contribution in [2.45, 2.75) is 26.8 Å². The summed E-state index contributed by atoms with van der Waals surface area (Å²) in [6.45, 7) is 5.81. The maximum Gasteiger partial charge on any atom is 0.182 e. The van der Waals surface area contributed by atoms with E-state index in [1.165, 1.54) is 12.1 Å². The van der Waals surface area contributed by atoms with Crippen LogP contribution in [0.15, 0.2) is 48.5 Å². The number of nitrogens with zero attached hydrogens (tertiary/aromatic N) is 3. The highest BCUT2D eigenvalue weighted by molar-refractivity contribution is 5.64. The Morgan fingerprint density at radius 1 is 0.963 bits per heavy atom. The molecule has 0 aliphatic heterocycles. The van der Waals surface area contributed by atoms with E-state index in [4.69, 9.17) is 0 Å². The van der Waals surface area contributed by atoms with Crippen LogP contribution in [0.2, 0.25) is 0 Å². The van der Waals surface area contributed by atoms with Crippen molar-refractivity contribution in [3.05, 3.63) is 60.0 Å². The zero-order valence-electron chi connectivity index (χ0n) is 15.4. The fourth-order valence-electron chi connectivity index (χ4n) is 2.47. The Balaban J connectivity index is 2.02. The van der Waals surface area contributed by atoms with Crippen LogP contribution in [0.3, 0.4) is 0 Å². The molecule has 0 bridgehead atoms. The summed E-state index contributed by atoms with van der Waals surface area (Å²) in [6, 6.07) is 13.7. The van der Waals surface area contributed by atoms with Gasteiger partial charge in [0.15, 0.2) is 5.82 Å². The SMILES string of the molecule is CC#Cc1cccc(-c2nc(Nc3cccc(F)c3)cc(NC(C)C)n2)n1. The molecule has 0 fully saturated rings. The van der Waals surface area contributed by atoms with E-state index in [9.17, 15) is 4.39 Å². The predicted molar refractivity (Wildman–Crippen MR) is 106 cm³/mol. The third-order valence-electron chi connectivity index (χ3n) is 3.49. The summed E-state index contributed by atoms with van der Waals surface area (Å²) < 4.78 is 13.5. The lowest BCUT2D eigenvalue weighted by Gasteiger charge is -2.13. The minimum Gasteiger partial charge on any atom is -0.368 e. The average Bonchev–Trinajstić information content (AvgIpc) is 2.61. The lowest BCUT2D eigenvalue weighted by atomic mass is 10.2. The van der Waals surface area contributed by atoms with Crippen LogP contribution in [0, 0.1) is 17.7 Å². The van der Waals surface area contributed by atoms with Crippen LogP contribution in [0.25, 0.3) is 11.5 Å². The number of pyridine rings is 1. The predicted octanol–water partition coefficient (Wildman–Crippen LogP) is 4.61. The molecule has 2 N–H and O–H groups in total. The Hall–Kier alpha value is -3.46. The van der Waals surface area contributed by atoms with E-state index < -0.39 is 0 Å². The van der Waals surface area contributed by atoms with Crippen LogP contribution in [-0.2, 0) is 0 Å². The highest BCUT2D eigenvalue weighted by Crippen LogP contribution is 2.22. The zero-order chi connectivity index (χ0) is 19.2. The van der Waals surface area contributed by atoms with Crippen molar-refractivity contribution in [2.75, 3.05) is 10.6 Å². The maximum atomic E-state index is 13.5. The van der Waals surface area contributed by atoms with Crippen molar-refractivity contribution in [3.8, 4) is 23.4 Å². The molecule has 6 heteroatoms. The Kier molecular flexibility index (Phi) is 5.62. The molecule has 0 atom stereocenters. The highest BCUT2D eigenvalue weighted by Gasteiger charge is 2.10. The number of anilines is 3. The number of aromatic nitrogens is 3. The van der Waals surface area contributed by atoms with Crippen LogP contribution < -0.4 is 10.6 Å². The first kappa shape index (κ1) is 18.3. The van der Waals surface area contributed by atoms with E-state index in [0.717, 1.165) is 0 Å². The molecule has 3 aromatic rings. The summed E-state index contributed by atoms with van der Waals surface area (Å²) in [4.78, 5) is 13.6. The van der Waals surface area contributed by atoms with Gasteiger partial charge in [-0.25, -0.2) is 19.3 Å². The van der Waals surface area contributed by atoms with Gasteiger partial charge in [0.1, 0.15) is 28.8 Å². The summed E-state index contributed by atoms with van der Waals surface area (Å²) in [7, 11) is 0. The van der Waals surface area contributed by atoms with Crippen molar-refractivity contribution in [3.63, 3.8) is 0 Å². The van der Waals surface area contributed by atoms with E-state index in [2.05, 4.69) is 37.4 Å². The molecule has 0 saturated heterocycles. The number of benzene rings is 1. The van der Waals surface area contributed by atoms with Crippen LogP contribution in [0.5, 0.6) is 0 Å². The molecule has 0 unspecified atom stereocenters. The van der Waals surface area contributed by atoms with Crippen LogP contribution in [-0.4, -0.2) is 21.0 Å². The molecular weight excluding hydrogens is 341 g/mol. The fourth-order valence-corrected chi connectivity index (χ4v) is 2.47. The molecular formula is C21H20FN5. The van der Waals surface area contributed by atoms with E-state index in [1.807, 2.05) is 32.0 Å². The quantitative estimate of drug-likeness (QED) is 0.650. The summed E-state index contributed by atoms with van der Waals surface area (Å²) in [6.07, 6.45) is 0. The van der Waals surface area contributed by atoms with Gasteiger partial charge in [-0.05, 0) is 57.0 Å². The second-order valence-electron chi connectivity index (χ2n) is 6.18. The molecule has 0 amide bonds. The summed E-state index contributed by atoms with van der Waals surface area (Å²) >= 11 is 0. The first-order valence-electron chi connectivity index (χ1n) is 8.62. The van der Waals surface area contributed by atoms with Crippen molar-refractivity contribution < 1.29 is 4.39 Å². The second-order valence-corrected chi connectivity index (χ2v) is 6.18. The highest BCUT2D eigenvalue weighted by atomic mass is 19.1. The van der Waals surface area contributed by atoms with Crippen molar-refractivity contribution in [1.29, 1.82) is 0 Å². The number of hydrogen-bond donors (Lipinski definition) is 2. The Bertz CT molecular complexity index is 1000. The second kappa shape index (κ2) is 8.28. The topological polar surface area (TPSA) is 62.7 Å². The van der Waals surface area contributed by atoms with E-state index in [-0.39, 0.29) is 11.9 Å². The van der Waals surface area contributed by atoms with Gasteiger partial charge in [0.05, 0.1) is 0 Å².